The van der Waals surface area contributed by atoms with Gasteiger partial charge in [0.25, 0.3) is 5.89 Å². The summed E-state index contributed by atoms with van der Waals surface area (Å²) in [6.07, 6.45) is 0. The molecule has 0 atom stereocenters. The molecule has 1 aromatic heterocycles. The summed E-state index contributed by atoms with van der Waals surface area (Å²) < 4.78 is 16.7. The highest BCUT2D eigenvalue weighted by atomic mass is 79.9. The molecule has 3 rings (SSSR count). The molecule has 0 aliphatic rings. The molecule has 25 heavy (non-hydrogen) atoms. The van der Waals surface area contributed by atoms with Crippen LogP contribution in [0.4, 0.5) is 0 Å². The molecule has 2 aromatic carbocycles. The van der Waals surface area contributed by atoms with Crippen LogP contribution < -0.4 is 0 Å². The van der Waals surface area contributed by atoms with E-state index in [9.17, 15) is 4.79 Å². The maximum atomic E-state index is 12.1. The van der Waals surface area contributed by atoms with Crippen LogP contribution in [0.1, 0.15) is 21.8 Å². The molecule has 0 unspecified atom stereocenters. The minimum atomic E-state index is -0.460. The van der Waals surface area contributed by atoms with E-state index in [1.54, 1.807) is 25.3 Å². The van der Waals surface area contributed by atoms with Gasteiger partial charge in [0, 0.05) is 11.6 Å². The van der Waals surface area contributed by atoms with Crippen molar-refractivity contribution in [3.8, 4) is 11.5 Å². The first kappa shape index (κ1) is 17.3. The monoisotopic (exact) mass is 402 g/mol. The summed E-state index contributed by atoms with van der Waals surface area (Å²) in [5.74, 6) is 0.131. The molecule has 0 saturated heterocycles. The van der Waals surface area contributed by atoms with E-state index < -0.39 is 5.97 Å². The fraction of sp³-hybridized carbons (Fsp3) is 0.167. The summed E-state index contributed by atoms with van der Waals surface area (Å²) in [5.41, 5.74) is 2.12. The number of hydrogen-bond donors (Lipinski definition) is 0. The number of aromatic nitrogens is 2. The number of ether oxygens (including phenoxy) is 2. The zero-order valence-corrected chi connectivity index (χ0v) is 15.0. The summed E-state index contributed by atoms with van der Waals surface area (Å²) in [6, 6.07) is 14.6. The van der Waals surface area contributed by atoms with Crippen molar-refractivity contribution in [2.45, 2.75) is 13.2 Å². The highest BCUT2D eigenvalue weighted by molar-refractivity contribution is 9.10. The van der Waals surface area contributed by atoms with Crippen LogP contribution >= 0.6 is 15.9 Å². The number of carbonyl (C=O) groups excluding carboxylic acids is 1. The van der Waals surface area contributed by atoms with Gasteiger partial charge >= 0.3 is 5.97 Å². The van der Waals surface area contributed by atoms with Gasteiger partial charge in [-0.15, -0.1) is 10.2 Å². The fourth-order valence-electron chi connectivity index (χ4n) is 2.22. The predicted octanol–water partition coefficient (Wildman–Crippen LogP) is 4.00. The number of rotatable bonds is 6. The van der Waals surface area contributed by atoms with E-state index >= 15 is 0 Å². The minimum absolute atomic E-state index is 0.0925. The second-order valence-corrected chi connectivity index (χ2v) is 6.04. The van der Waals surface area contributed by atoms with Gasteiger partial charge in [-0.3, -0.25) is 0 Å². The number of halogens is 1. The van der Waals surface area contributed by atoms with Crippen molar-refractivity contribution in [2.75, 3.05) is 7.11 Å². The van der Waals surface area contributed by atoms with Gasteiger partial charge in [-0.2, -0.15) is 0 Å². The summed E-state index contributed by atoms with van der Waals surface area (Å²) in [6.45, 7) is 0.338. The second-order valence-electron chi connectivity index (χ2n) is 5.19. The van der Waals surface area contributed by atoms with Gasteiger partial charge < -0.3 is 13.9 Å². The van der Waals surface area contributed by atoms with Gasteiger partial charge in [-0.05, 0) is 45.8 Å². The van der Waals surface area contributed by atoms with Gasteiger partial charge in [0.1, 0.15) is 0 Å². The first-order valence-corrected chi connectivity index (χ1v) is 8.29. The Morgan fingerprint density at radius 2 is 1.96 bits per heavy atom. The summed E-state index contributed by atoms with van der Waals surface area (Å²) in [4.78, 5) is 12.1. The highest BCUT2D eigenvalue weighted by Gasteiger charge is 2.14. The van der Waals surface area contributed by atoms with Gasteiger partial charge in [-0.25, -0.2) is 4.79 Å². The Hall–Kier alpha value is -2.51. The summed E-state index contributed by atoms with van der Waals surface area (Å²) in [7, 11) is 1.60. The molecule has 6 nitrogen and oxygen atoms in total. The third-order valence-corrected chi connectivity index (χ3v) is 4.06. The number of benzene rings is 2. The molecule has 3 aromatic rings. The quantitative estimate of drug-likeness (QED) is 0.580. The van der Waals surface area contributed by atoms with E-state index in [1.165, 1.54) is 0 Å². The number of esters is 1. The topological polar surface area (TPSA) is 74.5 Å². The van der Waals surface area contributed by atoms with Crippen LogP contribution in [0, 0.1) is 0 Å². The normalized spacial score (nSPS) is 10.6. The summed E-state index contributed by atoms with van der Waals surface area (Å²) >= 11 is 3.43. The Bertz CT molecular complexity index is 879. The average Bonchev–Trinajstić information content (AvgIpc) is 3.09. The molecule has 1 heterocycles. The fourth-order valence-corrected chi connectivity index (χ4v) is 2.68. The first-order valence-electron chi connectivity index (χ1n) is 7.49. The third kappa shape index (κ3) is 4.32. The molecule has 0 N–H and O–H groups in total. The molecule has 7 heteroatoms. The molecule has 0 radical (unpaired) electrons. The van der Waals surface area contributed by atoms with Gasteiger partial charge in [0.05, 0.1) is 17.7 Å². The molecular weight excluding hydrogens is 388 g/mol. The molecule has 0 aliphatic carbocycles. The maximum absolute atomic E-state index is 12.1. The molecule has 0 spiro atoms. The van der Waals surface area contributed by atoms with Crippen molar-refractivity contribution < 1.29 is 18.7 Å². The molecule has 0 amide bonds. The van der Waals surface area contributed by atoms with Gasteiger partial charge in [0.2, 0.25) is 5.89 Å². The lowest BCUT2D eigenvalue weighted by Gasteiger charge is -2.04. The zero-order chi connectivity index (χ0) is 17.6. The Labute approximate surface area is 152 Å². The van der Waals surface area contributed by atoms with Crippen LogP contribution in [-0.4, -0.2) is 23.3 Å². The standard InChI is InChI=1S/C18H15BrN2O4/c1-23-10-12-5-4-6-13(9-12)18(22)24-11-16-20-21-17(25-16)14-7-2-3-8-15(14)19/h2-9H,10-11H2,1H3. The van der Waals surface area contributed by atoms with E-state index in [2.05, 4.69) is 26.1 Å². The largest absolute Gasteiger partial charge is 0.452 e. The van der Waals surface area contributed by atoms with Crippen LogP contribution in [0.3, 0.4) is 0 Å². The van der Waals surface area contributed by atoms with E-state index in [1.807, 2.05) is 30.3 Å². The molecule has 0 bridgehead atoms. The lowest BCUT2D eigenvalue weighted by Crippen LogP contribution is -2.06. The van der Waals surface area contributed by atoms with Crippen LogP contribution in [-0.2, 0) is 22.7 Å². The number of nitrogens with zero attached hydrogens (tertiary/aromatic N) is 2. The molecule has 0 aliphatic heterocycles. The van der Waals surface area contributed by atoms with E-state index in [-0.39, 0.29) is 12.5 Å². The smallest absolute Gasteiger partial charge is 0.338 e. The zero-order valence-electron chi connectivity index (χ0n) is 13.4. The number of hydrogen-bond acceptors (Lipinski definition) is 6. The Morgan fingerprint density at radius 3 is 2.76 bits per heavy atom. The van der Waals surface area contributed by atoms with Crippen molar-refractivity contribution in [1.82, 2.24) is 10.2 Å². The van der Waals surface area contributed by atoms with Crippen molar-refractivity contribution >= 4 is 21.9 Å². The second kappa shape index (κ2) is 8.04. The first-order chi connectivity index (χ1) is 12.2. The van der Waals surface area contributed by atoms with Crippen molar-refractivity contribution in [3.63, 3.8) is 0 Å². The van der Waals surface area contributed by atoms with Crippen LogP contribution in [0.15, 0.2) is 57.4 Å². The molecule has 0 saturated carbocycles. The van der Waals surface area contributed by atoms with Gasteiger partial charge in [-0.1, -0.05) is 24.3 Å². The van der Waals surface area contributed by atoms with Crippen molar-refractivity contribution in [2.24, 2.45) is 0 Å². The van der Waals surface area contributed by atoms with E-state index in [0.717, 1.165) is 15.6 Å². The molecule has 128 valence electrons. The van der Waals surface area contributed by atoms with Crippen molar-refractivity contribution in [1.29, 1.82) is 0 Å². The predicted molar refractivity (Wildman–Crippen MR) is 93.7 cm³/mol. The van der Waals surface area contributed by atoms with Crippen LogP contribution in [0.5, 0.6) is 0 Å². The Kier molecular flexibility index (Phi) is 5.57. The number of methoxy groups -OCH3 is 1. The van der Waals surface area contributed by atoms with E-state index in [4.69, 9.17) is 13.9 Å². The SMILES string of the molecule is COCc1cccc(C(=O)OCc2nnc(-c3ccccc3Br)o2)c1. The Balaban J connectivity index is 1.65. The average molecular weight is 403 g/mol. The van der Waals surface area contributed by atoms with Crippen LogP contribution in [0.25, 0.3) is 11.5 Å². The lowest BCUT2D eigenvalue weighted by atomic mass is 10.1. The number of carbonyl (C=O) groups is 1. The summed E-state index contributed by atoms with van der Waals surface area (Å²) in [5, 5.41) is 7.89. The van der Waals surface area contributed by atoms with E-state index in [0.29, 0.717) is 18.1 Å². The lowest BCUT2D eigenvalue weighted by molar-refractivity contribution is 0.0438. The molecular formula is C18H15BrN2O4. The maximum Gasteiger partial charge on any atom is 0.338 e. The molecule has 0 fully saturated rings. The Morgan fingerprint density at radius 1 is 1.12 bits per heavy atom. The highest BCUT2D eigenvalue weighted by Crippen LogP contribution is 2.26. The van der Waals surface area contributed by atoms with Gasteiger partial charge in [0.15, 0.2) is 6.61 Å². The third-order valence-electron chi connectivity index (χ3n) is 3.37. The minimum Gasteiger partial charge on any atom is -0.452 e. The van der Waals surface area contributed by atoms with Crippen LogP contribution in [0.2, 0.25) is 0 Å². The van der Waals surface area contributed by atoms with Crippen molar-refractivity contribution in [3.05, 3.63) is 70.0 Å².